The Morgan fingerprint density at radius 1 is 0.967 bits per heavy atom. The second kappa shape index (κ2) is 11.0. The minimum Gasteiger partial charge on any atom is -0.480 e. The molecule has 2 atom stereocenters. The van der Waals surface area contributed by atoms with E-state index in [1.54, 1.807) is 13.8 Å². The topological polar surface area (TPSA) is 105 Å². The van der Waals surface area contributed by atoms with E-state index in [1.165, 1.54) is 0 Å². The molecule has 0 unspecified atom stereocenters. The van der Waals surface area contributed by atoms with E-state index in [9.17, 15) is 19.5 Å². The van der Waals surface area contributed by atoms with Gasteiger partial charge in [-0.15, -0.1) is 0 Å². The number of carbonyl (C=O) groups excluding carboxylic acids is 2. The molecule has 0 saturated carbocycles. The molecule has 30 heavy (non-hydrogen) atoms. The third kappa shape index (κ3) is 7.24. The Morgan fingerprint density at radius 3 is 2.23 bits per heavy atom. The van der Waals surface area contributed by atoms with Gasteiger partial charge in [0.2, 0.25) is 5.91 Å². The van der Waals surface area contributed by atoms with Crippen molar-refractivity contribution < 1.29 is 24.2 Å². The van der Waals surface area contributed by atoms with E-state index >= 15 is 0 Å². The van der Waals surface area contributed by atoms with Crippen LogP contribution in [0.4, 0.5) is 4.79 Å². The van der Waals surface area contributed by atoms with Crippen LogP contribution in [0.1, 0.15) is 30.5 Å². The van der Waals surface area contributed by atoms with Crippen LogP contribution in [-0.2, 0) is 27.4 Å². The third-order valence-corrected chi connectivity index (χ3v) is 4.57. The summed E-state index contributed by atoms with van der Waals surface area (Å²) < 4.78 is 5.17. The molecule has 0 aliphatic heterocycles. The van der Waals surface area contributed by atoms with Crippen LogP contribution in [0.15, 0.2) is 54.6 Å². The Balaban J connectivity index is 1.98. The van der Waals surface area contributed by atoms with Crippen LogP contribution in [0.3, 0.4) is 0 Å². The summed E-state index contributed by atoms with van der Waals surface area (Å²) in [5.41, 5.74) is 2.63. The highest BCUT2D eigenvalue weighted by atomic mass is 16.5. The van der Waals surface area contributed by atoms with Crippen molar-refractivity contribution in [1.29, 1.82) is 0 Å². The minimum absolute atomic E-state index is 0.0736. The van der Waals surface area contributed by atoms with Crippen molar-refractivity contribution >= 4 is 18.0 Å². The first kappa shape index (κ1) is 22.9. The van der Waals surface area contributed by atoms with Gasteiger partial charge < -0.3 is 20.5 Å². The van der Waals surface area contributed by atoms with E-state index in [1.807, 2.05) is 61.5 Å². The van der Waals surface area contributed by atoms with Crippen LogP contribution in [0.25, 0.3) is 0 Å². The van der Waals surface area contributed by atoms with Gasteiger partial charge in [-0.05, 0) is 24.0 Å². The van der Waals surface area contributed by atoms with Gasteiger partial charge in [0.25, 0.3) is 0 Å². The fourth-order valence-electron chi connectivity index (χ4n) is 2.96. The van der Waals surface area contributed by atoms with E-state index in [-0.39, 0.29) is 18.9 Å². The highest BCUT2D eigenvalue weighted by molar-refractivity contribution is 5.89. The van der Waals surface area contributed by atoms with Gasteiger partial charge in [-0.1, -0.05) is 74.0 Å². The van der Waals surface area contributed by atoms with Crippen molar-refractivity contribution in [2.75, 3.05) is 0 Å². The molecule has 0 aliphatic rings. The van der Waals surface area contributed by atoms with Crippen molar-refractivity contribution in [2.45, 2.75) is 45.9 Å². The molecule has 2 aromatic rings. The first-order valence-corrected chi connectivity index (χ1v) is 9.82. The van der Waals surface area contributed by atoms with Crippen molar-refractivity contribution in [3.05, 3.63) is 71.3 Å². The van der Waals surface area contributed by atoms with Gasteiger partial charge in [0.15, 0.2) is 0 Å². The summed E-state index contributed by atoms with van der Waals surface area (Å²) in [7, 11) is 0. The highest BCUT2D eigenvalue weighted by Crippen LogP contribution is 2.09. The number of amides is 2. The zero-order valence-electron chi connectivity index (χ0n) is 17.4. The van der Waals surface area contributed by atoms with Gasteiger partial charge in [0, 0.05) is 6.42 Å². The van der Waals surface area contributed by atoms with Crippen LogP contribution >= 0.6 is 0 Å². The molecular formula is C23H28N2O5. The lowest BCUT2D eigenvalue weighted by Crippen LogP contribution is -2.54. The number of aliphatic carboxylic acids is 1. The van der Waals surface area contributed by atoms with Crippen molar-refractivity contribution in [3.8, 4) is 0 Å². The number of nitrogens with one attached hydrogen (secondary N) is 2. The third-order valence-electron chi connectivity index (χ3n) is 4.57. The van der Waals surface area contributed by atoms with Crippen LogP contribution in [-0.4, -0.2) is 35.2 Å². The van der Waals surface area contributed by atoms with Gasteiger partial charge in [-0.2, -0.15) is 0 Å². The second-order valence-corrected chi connectivity index (χ2v) is 7.52. The van der Waals surface area contributed by atoms with Gasteiger partial charge in [-0.25, -0.2) is 9.59 Å². The fraction of sp³-hybridized carbons (Fsp3) is 0.348. The molecule has 7 nitrogen and oxygen atoms in total. The SMILES string of the molecule is Cc1cccc(C[C@@H](NC(=O)[C@H](NC(=O)OCc2ccccc2)C(C)C)C(=O)O)c1. The van der Waals surface area contributed by atoms with Crippen LogP contribution in [0.5, 0.6) is 0 Å². The van der Waals surface area contributed by atoms with E-state index in [2.05, 4.69) is 10.6 Å². The van der Waals surface area contributed by atoms with Gasteiger partial charge in [0.05, 0.1) is 0 Å². The smallest absolute Gasteiger partial charge is 0.408 e. The maximum absolute atomic E-state index is 12.7. The Kier molecular flexibility index (Phi) is 8.41. The summed E-state index contributed by atoms with van der Waals surface area (Å²) in [5.74, 6) is -1.97. The standard InChI is InChI=1S/C23H28N2O5/c1-15(2)20(25-23(29)30-14-17-9-5-4-6-10-17)21(26)24-19(22(27)28)13-18-11-7-8-16(3)12-18/h4-12,15,19-20H,13-14H2,1-3H3,(H,24,26)(H,25,29)(H,27,28)/t19-,20-/m1/s1. The molecule has 0 fully saturated rings. The number of aryl methyl sites for hydroxylation is 1. The zero-order valence-corrected chi connectivity index (χ0v) is 17.4. The first-order chi connectivity index (χ1) is 14.3. The molecule has 0 radical (unpaired) electrons. The molecule has 2 rings (SSSR count). The predicted octanol–water partition coefficient (Wildman–Crippen LogP) is 3.06. The maximum Gasteiger partial charge on any atom is 0.408 e. The number of carbonyl (C=O) groups is 3. The van der Waals surface area contributed by atoms with E-state index in [4.69, 9.17) is 4.74 Å². The molecule has 0 aliphatic carbocycles. The molecule has 2 amide bonds. The monoisotopic (exact) mass is 412 g/mol. The lowest BCUT2D eigenvalue weighted by molar-refractivity contribution is -0.142. The second-order valence-electron chi connectivity index (χ2n) is 7.52. The average molecular weight is 412 g/mol. The number of ether oxygens (including phenoxy) is 1. The molecule has 3 N–H and O–H groups in total. The Bertz CT molecular complexity index is 867. The zero-order chi connectivity index (χ0) is 22.1. The molecule has 2 aromatic carbocycles. The molecular weight excluding hydrogens is 384 g/mol. The van der Waals surface area contributed by atoms with Crippen LogP contribution < -0.4 is 10.6 Å². The molecule has 0 aromatic heterocycles. The number of benzene rings is 2. The molecule has 160 valence electrons. The number of alkyl carbamates (subject to hydrolysis) is 1. The largest absolute Gasteiger partial charge is 0.480 e. The average Bonchev–Trinajstić information content (AvgIpc) is 2.70. The van der Waals surface area contributed by atoms with Gasteiger partial charge in [-0.3, -0.25) is 4.79 Å². The lowest BCUT2D eigenvalue weighted by Gasteiger charge is -2.24. The lowest BCUT2D eigenvalue weighted by atomic mass is 10.0. The predicted molar refractivity (Wildman–Crippen MR) is 113 cm³/mol. The quantitative estimate of drug-likeness (QED) is 0.587. The summed E-state index contributed by atoms with van der Waals surface area (Å²) in [6, 6.07) is 14.6. The number of hydrogen-bond donors (Lipinski definition) is 3. The molecule has 0 saturated heterocycles. The van der Waals surface area contributed by atoms with Crippen LogP contribution in [0.2, 0.25) is 0 Å². The summed E-state index contributed by atoms with van der Waals surface area (Å²) in [6.45, 7) is 5.51. The normalized spacial score (nSPS) is 12.7. The van der Waals surface area contributed by atoms with Crippen molar-refractivity contribution in [1.82, 2.24) is 10.6 Å². The summed E-state index contributed by atoms with van der Waals surface area (Å²) in [5, 5.41) is 14.6. The summed E-state index contributed by atoms with van der Waals surface area (Å²) in [4.78, 5) is 36.5. The molecule has 0 spiro atoms. The van der Waals surface area contributed by atoms with Crippen LogP contribution in [0, 0.1) is 12.8 Å². The summed E-state index contributed by atoms with van der Waals surface area (Å²) >= 11 is 0. The maximum atomic E-state index is 12.7. The van der Waals surface area contributed by atoms with E-state index < -0.39 is 30.1 Å². The number of carboxylic acid groups (broad SMARTS) is 1. The first-order valence-electron chi connectivity index (χ1n) is 9.82. The number of rotatable bonds is 9. The van der Waals surface area contributed by atoms with E-state index in [0.29, 0.717) is 0 Å². The highest BCUT2D eigenvalue weighted by Gasteiger charge is 2.29. The van der Waals surface area contributed by atoms with Gasteiger partial charge >= 0.3 is 12.1 Å². The van der Waals surface area contributed by atoms with E-state index in [0.717, 1.165) is 16.7 Å². The molecule has 0 bridgehead atoms. The number of carboxylic acids is 1. The Morgan fingerprint density at radius 2 is 1.63 bits per heavy atom. The van der Waals surface area contributed by atoms with Crippen molar-refractivity contribution in [2.24, 2.45) is 5.92 Å². The van der Waals surface area contributed by atoms with Crippen molar-refractivity contribution in [3.63, 3.8) is 0 Å². The number of hydrogen-bond acceptors (Lipinski definition) is 4. The Hall–Kier alpha value is -3.35. The minimum atomic E-state index is -1.14. The fourth-order valence-corrected chi connectivity index (χ4v) is 2.96. The molecule has 0 heterocycles. The van der Waals surface area contributed by atoms with Gasteiger partial charge in [0.1, 0.15) is 18.7 Å². The Labute approximate surface area is 176 Å². The molecule has 7 heteroatoms. The summed E-state index contributed by atoms with van der Waals surface area (Å²) in [6.07, 6.45) is -0.593.